The Kier molecular flexibility index (Phi) is 5.16. The minimum atomic E-state index is -0.396. The van der Waals surface area contributed by atoms with E-state index in [1.807, 2.05) is 20.8 Å². The first-order valence-corrected chi connectivity index (χ1v) is 8.42. The predicted octanol–water partition coefficient (Wildman–Crippen LogP) is 3.61. The lowest BCUT2D eigenvalue weighted by Gasteiger charge is -2.36. The van der Waals surface area contributed by atoms with E-state index >= 15 is 0 Å². The van der Waals surface area contributed by atoms with E-state index in [0.717, 1.165) is 19.5 Å². The van der Waals surface area contributed by atoms with Crippen LogP contribution < -0.4 is 10.2 Å². The summed E-state index contributed by atoms with van der Waals surface area (Å²) in [6.45, 7) is 11.6. The Morgan fingerprint density at radius 2 is 1.83 bits per heavy atom. The molecule has 0 radical (unpaired) electrons. The summed E-state index contributed by atoms with van der Waals surface area (Å²) in [6, 6.07) is 4.77. The highest BCUT2D eigenvalue weighted by atomic mass is 16.6. The van der Waals surface area contributed by atoms with E-state index in [2.05, 4.69) is 24.1 Å². The minimum absolute atomic E-state index is 0.00198. The third-order valence-corrected chi connectivity index (χ3v) is 4.13. The summed E-state index contributed by atoms with van der Waals surface area (Å²) in [6.07, 6.45) is 1.14. The lowest BCUT2D eigenvalue weighted by Crippen LogP contribution is -2.41. The molecule has 6 nitrogen and oxygen atoms in total. The molecule has 1 aliphatic rings. The Labute approximate surface area is 143 Å². The lowest BCUT2D eigenvalue weighted by molar-refractivity contribution is -0.384. The van der Waals surface area contributed by atoms with E-state index in [1.54, 1.807) is 12.1 Å². The summed E-state index contributed by atoms with van der Waals surface area (Å²) in [5, 5.41) is 14.4. The van der Waals surface area contributed by atoms with Gasteiger partial charge in [0, 0.05) is 30.3 Å². The standard InChI is InChI=1S/C18H27N3O3/c1-12-8-13(2)11-20(10-12)15-7-6-14(9-16(15)21(23)24)17(22)19-18(3,4)5/h6-7,9,12-13H,8,10-11H2,1-5H3,(H,19,22). The van der Waals surface area contributed by atoms with Gasteiger partial charge in [-0.2, -0.15) is 0 Å². The second-order valence-electron chi connectivity index (χ2n) is 8.02. The molecule has 1 amide bonds. The van der Waals surface area contributed by atoms with Crippen molar-refractivity contribution in [3.8, 4) is 0 Å². The Bertz CT molecular complexity index is 627. The van der Waals surface area contributed by atoms with E-state index < -0.39 is 4.92 Å². The van der Waals surface area contributed by atoms with Crippen LogP contribution in [0.1, 0.15) is 51.4 Å². The highest BCUT2D eigenvalue weighted by molar-refractivity contribution is 5.96. The molecule has 0 aliphatic carbocycles. The molecule has 0 saturated carbocycles. The fourth-order valence-corrected chi connectivity index (χ4v) is 3.35. The van der Waals surface area contributed by atoms with E-state index in [4.69, 9.17) is 0 Å². The fourth-order valence-electron chi connectivity index (χ4n) is 3.35. The molecule has 1 heterocycles. The maximum absolute atomic E-state index is 12.3. The maximum Gasteiger partial charge on any atom is 0.293 e. The van der Waals surface area contributed by atoms with E-state index in [9.17, 15) is 14.9 Å². The summed E-state index contributed by atoms with van der Waals surface area (Å²) in [7, 11) is 0. The van der Waals surface area contributed by atoms with Gasteiger partial charge in [-0.05, 0) is 51.2 Å². The molecule has 2 rings (SSSR count). The molecule has 1 saturated heterocycles. The molecule has 2 atom stereocenters. The van der Waals surface area contributed by atoms with Crippen molar-refractivity contribution < 1.29 is 9.72 Å². The molecule has 1 aliphatic heterocycles. The molecule has 1 aromatic carbocycles. The maximum atomic E-state index is 12.3. The van der Waals surface area contributed by atoms with Gasteiger partial charge in [-0.1, -0.05) is 13.8 Å². The third-order valence-electron chi connectivity index (χ3n) is 4.13. The zero-order valence-electron chi connectivity index (χ0n) is 15.1. The Morgan fingerprint density at radius 1 is 1.25 bits per heavy atom. The number of hydrogen-bond acceptors (Lipinski definition) is 4. The number of nitro benzene ring substituents is 1. The number of amides is 1. The summed E-state index contributed by atoms with van der Waals surface area (Å²) < 4.78 is 0. The smallest absolute Gasteiger partial charge is 0.293 e. The van der Waals surface area contributed by atoms with Crippen molar-refractivity contribution in [2.24, 2.45) is 11.8 Å². The second-order valence-corrected chi connectivity index (χ2v) is 8.02. The van der Waals surface area contributed by atoms with Crippen LogP contribution in [0.3, 0.4) is 0 Å². The summed E-state index contributed by atoms with van der Waals surface area (Å²) in [5.41, 5.74) is 0.532. The van der Waals surface area contributed by atoms with Crippen molar-refractivity contribution in [1.29, 1.82) is 0 Å². The van der Waals surface area contributed by atoms with Crippen LogP contribution >= 0.6 is 0 Å². The van der Waals surface area contributed by atoms with Crippen molar-refractivity contribution in [2.75, 3.05) is 18.0 Å². The Hall–Kier alpha value is -2.11. The lowest BCUT2D eigenvalue weighted by atomic mass is 9.91. The van der Waals surface area contributed by atoms with Crippen LogP contribution in [0, 0.1) is 22.0 Å². The molecule has 0 bridgehead atoms. The van der Waals surface area contributed by atoms with E-state index in [-0.39, 0.29) is 17.1 Å². The van der Waals surface area contributed by atoms with E-state index in [0.29, 0.717) is 23.1 Å². The molecule has 0 aromatic heterocycles. The number of anilines is 1. The summed E-state index contributed by atoms with van der Waals surface area (Å²) >= 11 is 0. The summed E-state index contributed by atoms with van der Waals surface area (Å²) in [5.74, 6) is 0.701. The van der Waals surface area contributed by atoms with Gasteiger partial charge in [0.05, 0.1) is 4.92 Å². The topological polar surface area (TPSA) is 75.5 Å². The number of nitro groups is 1. The number of rotatable bonds is 3. The molecule has 24 heavy (non-hydrogen) atoms. The van der Waals surface area contributed by atoms with Gasteiger partial charge >= 0.3 is 0 Å². The van der Waals surface area contributed by atoms with Gasteiger partial charge in [0.15, 0.2) is 0 Å². The van der Waals surface area contributed by atoms with Gasteiger partial charge in [0.1, 0.15) is 5.69 Å². The van der Waals surface area contributed by atoms with Crippen LogP contribution in [-0.2, 0) is 0 Å². The number of nitrogens with zero attached hydrogens (tertiary/aromatic N) is 2. The number of hydrogen-bond donors (Lipinski definition) is 1. The van der Waals surface area contributed by atoms with Crippen LogP contribution in [0.15, 0.2) is 18.2 Å². The van der Waals surface area contributed by atoms with Gasteiger partial charge in [-0.25, -0.2) is 0 Å². The molecule has 132 valence electrons. The first kappa shape index (κ1) is 18.2. The molecule has 1 aromatic rings. The van der Waals surface area contributed by atoms with Crippen molar-refractivity contribution in [2.45, 2.75) is 46.6 Å². The molecule has 2 unspecified atom stereocenters. The van der Waals surface area contributed by atoms with Crippen molar-refractivity contribution >= 4 is 17.3 Å². The highest BCUT2D eigenvalue weighted by Gasteiger charge is 2.28. The van der Waals surface area contributed by atoms with Crippen LogP contribution in [0.4, 0.5) is 11.4 Å². The molecular formula is C18H27N3O3. The zero-order valence-corrected chi connectivity index (χ0v) is 15.1. The summed E-state index contributed by atoms with van der Waals surface area (Å²) in [4.78, 5) is 25.5. The average molecular weight is 333 g/mol. The Balaban J connectivity index is 2.33. The molecular weight excluding hydrogens is 306 g/mol. The monoisotopic (exact) mass is 333 g/mol. The number of nitrogens with one attached hydrogen (secondary N) is 1. The fraction of sp³-hybridized carbons (Fsp3) is 0.611. The van der Waals surface area contributed by atoms with Crippen LogP contribution in [0.2, 0.25) is 0 Å². The van der Waals surface area contributed by atoms with Crippen LogP contribution in [0.5, 0.6) is 0 Å². The molecule has 6 heteroatoms. The first-order valence-electron chi connectivity index (χ1n) is 8.42. The van der Waals surface area contributed by atoms with Crippen molar-refractivity contribution in [3.05, 3.63) is 33.9 Å². The van der Waals surface area contributed by atoms with Crippen molar-refractivity contribution in [1.82, 2.24) is 5.32 Å². The van der Waals surface area contributed by atoms with Crippen molar-refractivity contribution in [3.63, 3.8) is 0 Å². The van der Waals surface area contributed by atoms with Gasteiger partial charge in [-0.15, -0.1) is 0 Å². The van der Waals surface area contributed by atoms with Gasteiger partial charge < -0.3 is 10.2 Å². The number of carbonyl (C=O) groups excluding carboxylic acids is 1. The Morgan fingerprint density at radius 3 is 2.33 bits per heavy atom. The largest absolute Gasteiger partial charge is 0.365 e. The average Bonchev–Trinajstić information content (AvgIpc) is 2.43. The van der Waals surface area contributed by atoms with Crippen LogP contribution in [-0.4, -0.2) is 29.5 Å². The number of benzene rings is 1. The predicted molar refractivity (Wildman–Crippen MR) is 95.5 cm³/mol. The van der Waals surface area contributed by atoms with Gasteiger partial charge in [0.2, 0.25) is 0 Å². The zero-order chi connectivity index (χ0) is 18.1. The normalized spacial score (nSPS) is 21.5. The van der Waals surface area contributed by atoms with Gasteiger partial charge in [0.25, 0.3) is 11.6 Å². The quantitative estimate of drug-likeness (QED) is 0.677. The molecule has 1 N–H and O–H groups in total. The molecule has 1 fully saturated rings. The number of piperidine rings is 1. The highest BCUT2D eigenvalue weighted by Crippen LogP contribution is 2.33. The second kappa shape index (κ2) is 6.79. The van der Waals surface area contributed by atoms with E-state index in [1.165, 1.54) is 6.07 Å². The first-order chi connectivity index (χ1) is 11.1. The number of carbonyl (C=O) groups is 1. The minimum Gasteiger partial charge on any atom is -0.365 e. The third kappa shape index (κ3) is 4.46. The SMILES string of the molecule is CC1CC(C)CN(c2ccc(C(=O)NC(C)(C)C)cc2[N+](=O)[O-])C1. The van der Waals surface area contributed by atoms with Crippen LogP contribution in [0.25, 0.3) is 0 Å². The molecule has 0 spiro atoms. The van der Waals surface area contributed by atoms with Gasteiger partial charge in [-0.3, -0.25) is 14.9 Å².